The lowest BCUT2D eigenvalue weighted by molar-refractivity contribution is -0.136. The Hall–Kier alpha value is -2.42. The third kappa shape index (κ3) is 3.41. The van der Waals surface area contributed by atoms with Gasteiger partial charge in [0, 0.05) is 4.88 Å². The quantitative estimate of drug-likeness (QED) is 0.563. The Morgan fingerprint density at radius 1 is 1.34 bits per heavy atom. The van der Waals surface area contributed by atoms with E-state index in [0.717, 1.165) is 41.0 Å². The number of ether oxygens (including phenoxy) is 1. The molecular formula is C20H25N3O5S. The van der Waals surface area contributed by atoms with Gasteiger partial charge in [-0.05, 0) is 56.9 Å². The molecule has 0 aromatic carbocycles. The number of carbonyl (C=O) groups excluding carboxylic acids is 4. The first-order valence-corrected chi connectivity index (χ1v) is 10.9. The lowest BCUT2D eigenvalue weighted by atomic mass is 9.77. The van der Waals surface area contributed by atoms with Gasteiger partial charge < -0.3 is 15.4 Å². The van der Waals surface area contributed by atoms with E-state index in [-0.39, 0.29) is 19.1 Å². The van der Waals surface area contributed by atoms with Gasteiger partial charge >= 0.3 is 12.0 Å². The largest absolute Gasteiger partial charge is 0.462 e. The minimum Gasteiger partial charge on any atom is -0.462 e. The molecule has 8 nitrogen and oxygen atoms in total. The van der Waals surface area contributed by atoms with Crippen LogP contribution in [0.5, 0.6) is 0 Å². The van der Waals surface area contributed by atoms with Gasteiger partial charge in [0.15, 0.2) is 0 Å². The van der Waals surface area contributed by atoms with Gasteiger partial charge in [-0.1, -0.05) is 6.92 Å². The molecule has 4 rings (SSSR count). The fraction of sp³-hybridized carbons (Fsp3) is 0.600. The van der Waals surface area contributed by atoms with Gasteiger partial charge in [-0.15, -0.1) is 11.3 Å². The Kier molecular flexibility index (Phi) is 5.10. The summed E-state index contributed by atoms with van der Waals surface area (Å²) in [4.78, 5) is 52.0. The average molecular weight is 420 g/mol. The van der Waals surface area contributed by atoms with Crippen molar-refractivity contribution in [1.82, 2.24) is 10.2 Å². The highest BCUT2D eigenvalue weighted by Gasteiger charge is 2.55. The fourth-order valence-corrected chi connectivity index (χ4v) is 5.67. The molecule has 1 aliphatic heterocycles. The summed E-state index contributed by atoms with van der Waals surface area (Å²) in [5, 5.41) is 5.91. The zero-order valence-corrected chi connectivity index (χ0v) is 17.4. The van der Waals surface area contributed by atoms with E-state index in [1.807, 2.05) is 0 Å². The second kappa shape index (κ2) is 7.44. The van der Waals surface area contributed by atoms with Crippen molar-refractivity contribution in [2.75, 3.05) is 18.5 Å². The molecule has 0 radical (unpaired) electrons. The molecule has 0 bridgehead atoms. The summed E-state index contributed by atoms with van der Waals surface area (Å²) in [7, 11) is 0. The predicted molar refractivity (Wildman–Crippen MR) is 107 cm³/mol. The summed E-state index contributed by atoms with van der Waals surface area (Å²) in [6, 6.07) is -0.533. The molecule has 156 valence electrons. The molecule has 2 aliphatic carbocycles. The topological polar surface area (TPSA) is 105 Å². The molecule has 4 amide bonds. The Bertz CT molecular complexity index is 889. The summed E-state index contributed by atoms with van der Waals surface area (Å²) in [5.74, 6) is -0.765. The van der Waals surface area contributed by atoms with E-state index < -0.39 is 23.4 Å². The first kappa shape index (κ1) is 19.9. The number of carbonyl (C=O) groups is 4. The average Bonchev–Trinajstić information content (AvgIpc) is 3.10. The number of rotatable bonds is 5. The number of esters is 1. The monoisotopic (exact) mass is 419 g/mol. The van der Waals surface area contributed by atoms with E-state index in [1.54, 1.807) is 6.92 Å². The molecule has 1 saturated heterocycles. The van der Waals surface area contributed by atoms with Gasteiger partial charge in [-0.3, -0.25) is 14.5 Å². The fourth-order valence-electron chi connectivity index (χ4n) is 4.26. The Balaban J connectivity index is 1.53. The van der Waals surface area contributed by atoms with Crippen molar-refractivity contribution in [3.8, 4) is 0 Å². The minimum atomic E-state index is -0.814. The Morgan fingerprint density at radius 2 is 2.10 bits per heavy atom. The van der Waals surface area contributed by atoms with E-state index in [2.05, 4.69) is 17.6 Å². The Labute approximate surface area is 173 Å². The molecule has 9 heteroatoms. The van der Waals surface area contributed by atoms with Crippen LogP contribution in [-0.2, 0) is 27.2 Å². The third-order valence-electron chi connectivity index (χ3n) is 6.00. The van der Waals surface area contributed by atoms with Crippen molar-refractivity contribution in [2.45, 2.75) is 57.9 Å². The van der Waals surface area contributed by atoms with Gasteiger partial charge in [0.1, 0.15) is 17.1 Å². The van der Waals surface area contributed by atoms with E-state index in [4.69, 9.17) is 4.74 Å². The number of amides is 4. The minimum absolute atomic E-state index is 0.248. The van der Waals surface area contributed by atoms with Crippen LogP contribution in [0, 0.1) is 5.92 Å². The number of urea groups is 1. The number of hydrogen-bond acceptors (Lipinski definition) is 6. The number of nitrogens with zero attached hydrogens (tertiary/aromatic N) is 1. The van der Waals surface area contributed by atoms with E-state index in [0.29, 0.717) is 29.3 Å². The molecule has 29 heavy (non-hydrogen) atoms. The Morgan fingerprint density at radius 3 is 2.72 bits per heavy atom. The molecule has 2 fully saturated rings. The van der Waals surface area contributed by atoms with Crippen molar-refractivity contribution in [3.63, 3.8) is 0 Å². The van der Waals surface area contributed by atoms with E-state index in [9.17, 15) is 19.2 Å². The van der Waals surface area contributed by atoms with Crippen LogP contribution < -0.4 is 10.6 Å². The van der Waals surface area contributed by atoms with Crippen LogP contribution in [-0.4, -0.2) is 47.4 Å². The zero-order valence-electron chi connectivity index (χ0n) is 16.6. The number of imide groups is 1. The van der Waals surface area contributed by atoms with Crippen LogP contribution in [0.25, 0.3) is 0 Å². The first-order valence-electron chi connectivity index (χ1n) is 10.1. The zero-order chi connectivity index (χ0) is 20.8. The molecule has 2 heterocycles. The maximum absolute atomic E-state index is 12.7. The SMILES string of the molecule is CCOC(=O)c1c(NC(=O)CN2C(=O)NC3(CCC3)C2=O)sc2c1CCC(C)C2. The number of anilines is 1. The second-order valence-corrected chi connectivity index (χ2v) is 9.19. The van der Waals surface area contributed by atoms with Crippen LogP contribution in [0.4, 0.5) is 9.80 Å². The van der Waals surface area contributed by atoms with Crippen molar-refractivity contribution in [1.29, 1.82) is 0 Å². The van der Waals surface area contributed by atoms with Crippen molar-refractivity contribution in [2.24, 2.45) is 5.92 Å². The van der Waals surface area contributed by atoms with Gasteiger partial charge in [0.25, 0.3) is 5.91 Å². The number of thiophene rings is 1. The maximum Gasteiger partial charge on any atom is 0.341 e. The van der Waals surface area contributed by atoms with Gasteiger partial charge in [0.05, 0.1) is 12.2 Å². The van der Waals surface area contributed by atoms with Crippen LogP contribution >= 0.6 is 11.3 Å². The predicted octanol–water partition coefficient (Wildman–Crippen LogP) is 2.46. The first-order chi connectivity index (χ1) is 13.8. The molecule has 1 spiro atoms. The number of nitrogens with one attached hydrogen (secondary N) is 2. The number of fused-ring (bicyclic) bond motifs is 1. The lowest BCUT2D eigenvalue weighted by Gasteiger charge is -2.34. The molecule has 1 aromatic rings. The van der Waals surface area contributed by atoms with Crippen LogP contribution in [0.3, 0.4) is 0 Å². The lowest BCUT2D eigenvalue weighted by Crippen LogP contribution is -2.52. The summed E-state index contributed by atoms with van der Waals surface area (Å²) in [6.07, 6.45) is 4.71. The van der Waals surface area contributed by atoms with Crippen LogP contribution in [0.2, 0.25) is 0 Å². The van der Waals surface area contributed by atoms with Gasteiger partial charge in [-0.2, -0.15) is 0 Å². The maximum atomic E-state index is 12.7. The highest BCUT2D eigenvalue weighted by Crippen LogP contribution is 2.40. The van der Waals surface area contributed by atoms with Crippen molar-refractivity contribution < 1.29 is 23.9 Å². The highest BCUT2D eigenvalue weighted by atomic mass is 32.1. The van der Waals surface area contributed by atoms with E-state index >= 15 is 0 Å². The second-order valence-electron chi connectivity index (χ2n) is 8.08. The summed E-state index contributed by atoms with van der Waals surface area (Å²) in [5.41, 5.74) is 0.552. The van der Waals surface area contributed by atoms with Gasteiger partial charge in [-0.25, -0.2) is 9.59 Å². The third-order valence-corrected chi connectivity index (χ3v) is 7.17. The molecule has 2 N–H and O–H groups in total. The molecular weight excluding hydrogens is 394 g/mol. The van der Waals surface area contributed by atoms with Crippen molar-refractivity contribution >= 4 is 40.2 Å². The molecule has 1 aromatic heterocycles. The summed E-state index contributed by atoms with van der Waals surface area (Å²) < 4.78 is 5.21. The molecule has 1 atom stereocenters. The van der Waals surface area contributed by atoms with Crippen LogP contribution in [0.15, 0.2) is 0 Å². The summed E-state index contributed by atoms with van der Waals surface area (Å²) in [6.45, 7) is 3.79. The van der Waals surface area contributed by atoms with Crippen molar-refractivity contribution in [3.05, 3.63) is 16.0 Å². The molecule has 1 saturated carbocycles. The summed E-state index contributed by atoms with van der Waals surface area (Å²) >= 11 is 1.39. The smallest absolute Gasteiger partial charge is 0.341 e. The van der Waals surface area contributed by atoms with Gasteiger partial charge in [0.2, 0.25) is 5.91 Å². The standard InChI is InChI=1S/C20H25N3O5S/c1-3-28-17(25)15-12-6-5-11(2)9-13(12)29-16(15)21-14(24)10-23-18(26)20(7-4-8-20)22-19(23)27/h11H,3-10H2,1-2H3,(H,21,24)(H,22,27). The highest BCUT2D eigenvalue weighted by molar-refractivity contribution is 7.17. The normalized spacial score (nSPS) is 22.1. The molecule has 1 unspecified atom stereocenters. The molecule has 3 aliphatic rings. The van der Waals surface area contributed by atoms with E-state index in [1.165, 1.54) is 11.3 Å². The number of hydrogen-bond donors (Lipinski definition) is 2. The van der Waals surface area contributed by atoms with Crippen LogP contribution in [0.1, 0.15) is 60.3 Å².